The lowest BCUT2D eigenvalue weighted by molar-refractivity contribution is 0.219. The van der Waals surface area contributed by atoms with Crippen LogP contribution in [0.15, 0.2) is 4.47 Å². The molecule has 0 aliphatic carbocycles. The Morgan fingerprint density at radius 1 is 1.53 bits per heavy atom. The van der Waals surface area contributed by atoms with Gasteiger partial charge in [0.2, 0.25) is 0 Å². The highest BCUT2D eigenvalue weighted by molar-refractivity contribution is 9.10. The minimum absolute atomic E-state index is 0.309. The molecule has 0 aromatic carbocycles. The number of rotatable bonds is 4. The molecule has 1 unspecified atom stereocenters. The largest absolute Gasteiger partial charge is 0.396 e. The van der Waals surface area contributed by atoms with Crippen molar-refractivity contribution in [1.29, 1.82) is 0 Å². The Balaban J connectivity index is 2.06. The van der Waals surface area contributed by atoms with E-state index in [4.69, 9.17) is 5.11 Å². The predicted molar refractivity (Wildman–Crippen MR) is 70.8 cm³/mol. The third-order valence-corrected chi connectivity index (χ3v) is 4.42. The first-order valence-electron chi connectivity index (χ1n) is 6.19. The number of halogens is 1. The van der Waals surface area contributed by atoms with Gasteiger partial charge in [0, 0.05) is 26.7 Å². The van der Waals surface area contributed by atoms with Gasteiger partial charge in [-0.25, -0.2) is 0 Å². The normalized spacial score (nSPS) is 21.3. The van der Waals surface area contributed by atoms with Crippen molar-refractivity contribution in [3.8, 4) is 0 Å². The summed E-state index contributed by atoms with van der Waals surface area (Å²) in [4.78, 5) is 2.39. The number of hydrogen-bond donors (Lipinski definition) is 1. The predicted octanol–water partition coefficient (Wildman–Crippen LogP) is 1.56. The summed E-state index contributed by atoms with van der Waals surface area (Å²) in [6, 6.07) is 0. The Morgan fingerprint density at radius 3 is 2.82 bits per heavy atom. The molecule has 0 radical (unpaired) electrons. The number of hydrogen-bond acceptors (Lipinski definition) is 3. The van der Waals surface area contributed by atoms with E-state index in [0.29, 0.717) is 12.5 Å². The van der Waals surface area contributed by atoms with Gasteiger partial charge in [-0.15, -0.1) is 0 Å². The third kappa shape index (κ3) is 2.72. The van der Waals surface area contributed by atoms with Crippen LogP contribution in [-0.4, -0.2) is 39.5 Å². The highest BCUT2D eigenvalue weighted by Gasteiger charge is 2.24. The summed E-state index contributed by atoms with van der Waals surface area (Å²) in [7, 11) is 2.00. The highest BCUT2D eigenvalue weighted by atomic mass is 79.9. The molecule has 2 heterocycles. The number of aliphatic hydroxyl groups is 1. The molecule has 5 heteroatoms. The molecule has 1 saturated heterocycles. The first-order valence-corrected chi connectivity index (χ1v) is 6.98. The molecule has 1 fully saturated rings. The highest BCUT2D eigenvalue weighted by Crippen LogP contribution is 2.25. The van der Waals surface area contributed by atoms with Gasteiger partial charge in [-0.2, -0.15) is 5.10 Å². The molecule has 4 nitrogen and oxygen atoms in total. The van der Waals surface area contributed by atoms with Crippen LogP contribution >= 0.6 is 15.9 Å². The van der Waals surface area contributed by atoms with Crippen molar-refractivity contribution in [2.45, 2.75) is 26.3 Å². The summed E-state index contributed by atoms with van der Waals surface area (Å²) in [5.74, 6) is 0.452. The van der Waals surface area contributed by atoms with Crippen molar-refractivity contribution < 1.29 is 5.11 Å². The molecule has 1 N–H and O–H groups in total. The van der Waals surface area contributed by atoms with Crippen LogP contribution in [-0.2, 0) is 20.0 Å². The van der Waals surface area contributed by atoms with Gasteiger partial charge in [-0.3, -0.25) is 9.58 Å². The molecule has 1 aliphatic heterocycles. The second-order valence-electron chi connectivity index (χ2n) is 4.76. The average Bonchev–Trinajstić information content (AvgIpc) is 2.88. The molecule has 0 amide bonds. The van der Waals surface area contributed by atoms with E-state index in [2.05, 4.69) is 32.9 Å². The summed E-state index contributed by atoms with van der Waals surface area (Å²) in [6.45, 7) is 5.41. The van der Waals surface area contributed by atoms with Gasteiger partial charge in [0.25, 0.3) is 0 Å². The lowest BCUT2D eigenvalue weighted by Gasteiger charge is -2.15. The van der Waals surface area contributed by atoms with Crippen molar-refractivity contribution in [1.82, 2.24) is 14.7 Å². The van der Waals surface area contributed by atoms with Crippen LogP contribution in [0.4, 0.5) is 0 Å². The van der Waals surface area contributed by atoms with Crippen molar-refractivity contribution >= 4 is 15.9 Å². The van der Waals surface area contributed by atoms with E-state index in [1.807, 2.05) is 11.7 Å². The van der Waals surface area contributed by atoms with Crippen LogP contribution in [0.2, 0.25) is 0 Å². The molecule has 2 rings (SSSR count). The molecule has 1 atom stereocenters. The van der Waals surface area contributed by atoms with E-state index in [-0.39, 0.29) is 0 Å². The van der Waals surface area contributed by atoms with Gasteiger partial charge in [-0.05, 0) is 41.2 Å². The summed E-state index contributed by atoms with van der Waals surface area (Å²) in [5.41, 5.74) is 2.36. The van der Waals surface area contributed by atoms with Crippen molar-refractivity contribution in [3.63, 3.8) is 0 Å². The molecular weight excluding hydrogens is 282 g/mol. The molecule has 96 valence electrons. The number of aliphatic hydroxyl groups excluding tert-OH is 1. The van der Waals surface area contributed by atoms with E-state index in [9.17, 15) is 0 Å². The fourth-order valence-corrected chi connectivity index (χ4v) is 3.15. The van der Waals surface area contributed by atoms with Crippen LogP contribution in [0.3, 0.4) is 0 Å². The summed E-state index contributed by atoms with van der Waals surface area (Å²) in [5, 5.41) is 13.7. The topological polar surface area (TPSA) is 41.3 Å². The lowest BCUT2D eigenvalue weighted by Crippen LogP contribution is -2.22. The Bertz CT molecular complexity index is 391. The van der Waals surface area contributed by atoms with Gasteiger partial charge in [0.1, 0.15) is 0 Å². The Labute approximate surface area is 111 Å². The van der Waals surface area contributed by atoms with Crippen molar-refractivity contribution in [3.05, 3.63) is 15.9 Å². The minimum Gasteiger partial charge on any atom is -0.396 e. The summed E-state index contributed by atoms with van der Waals surface area (Å²) < 4.78 is 3.12. The zero-order chi connectivity index (χ0) is 12.4. The van der Waals surface area contributed by atoms with Crippen LogP contribution in [0.25, 0.3) is 0 Å². The van der Waals surface area contributed by atoms with Gasteiger partial charge < -0.3 is 5.11 Å². The number of nitrogens with zero attached hydrogens (tertiary/aromatic N) is 3. The van der Waals surface area contributed by atoms with Crippen LogP contribution in [0.5, 0.6) is 0 Å². The van der Waals surface area contributed by atoms with Gasteiger partial charge in [-0.1, -0.05) is 6.92 Å². The smallest absolute Gasteiger partial charge is 0.0767 e. The Hall–Kier alpha value is -0.390. The standard InChI is InChI=1S/C12H20BrN3O/c1-3-10-12(13)11(15(2)14-10)7-16-5-4-9(6-16)8-17/h9,17H,3-8H2,1-2H3. The first-order chi connectivity index (χ1) is 8.15. The number of aryl methyl sites for hydroxylation is 2. The second-order valence-corrected chi connectivity index (χ2v) is 5.55. The summed E-state index contributed by atoms with van der Waals surface area (Å²) in [6.07, 6.45) is 2.06. The van der Waals surface area contributed by atoms with E-state index in [0.717, 1.165) is 42.6 Å². The lowest BCUT2D eigenvalue weighted by atomic mass is 10.1. The van der Waals surface area contributed by atoms with E-state index >= 15 is 0 Å². The quantitative estimate of drug-likeness (QED) is 0.918. The SMILES string of the molecule is CCc1nn(C)c(CN2CCC(CO)C2)c1Br. The zero-order valence-corrected chi connectivity index (χ0v) is 12.1. The van der Waals surface area contributed by atoms with E-state index < -0.39 is 0 Å². The maximum absolute atomic E-state index is 9.15. The van der Waals surface area contributed by atoms with Crippen LogP contribution in [0, 0.1) is 5.92 Å². The summed E-state index contributed by atoms with van der Waals surface area (Å²) >= 11 is 3.64. The van der Waals surface area contributed by atoms with Crippen molar-refractivity contribution in [2.24, 2.45) is 13.0 Å². The van der Waals surface area contributed by atoms with Gasteiger partial charge in [0.15, 0.2) is 0 Å². The average molecular weight is 302 g/mol. The van der Waals surface area contributed by atoms with Crippen LogP contribution < -0.4 is 0 Å². The molecule has 1 aromatic heterocycles. The van der Waals surface area contributed by atoms with E-state index in [1.54, 1.807) is 0 Å². The molecule has 17 heavy (non-hydrogen) atoms. The molecule has 0 saturated carbocycles. The van der Waals surface area contributed by atoms with Gasteiger partial charge >= 0.3 is 0 Å². The minimum atomic E-state index is 0.309. The fraction of sp³-hybridized carbons (Fsp3) is 0.750. The van der Waals surface area contributed by atoms with E-state index in [1.165, 1.54) is 5.69 Å². The van der Waals surface area contributed by atoms with Crippen LogP contribution in [0.1, 0.15) is 24.7 Å². The van der Waals surface area contributed by atoms with Gasteiger partial charge in [0.05, 0.1) is 15.9 Å². The Morgan fingerprint density at radius 2 is 2.29 bits per heavy atom. The second kappa shape index (κ2) is 5.50. The Kier molecular flexibility index (Phi) is 4.22. The van der Waals surface area contributed by atoms with Crippen molar-refractivity contribution in [2.75, 3.05) is 19.7 Å². The maximum atomic E-state index is 9.15. The maximum Gasteiger partial charge on any atom is 0.0767 e. The zero-order valence-electron chi connectivity index (χ0n) is 10.5. The fourth-order valence-electron chi connectivity index (χ4n) is 2.41. The number of likely N-dealkylation sites (tertiary alicyclic amines) is 1. The third-order valence-electron chi connectivity index (χ3n) is 3.50. The number of aromatic nitrogens is 2. The molecule has 0 bridgehead atoms. The molecular formula is C12H20BrN3O. The molecule has 1 aliphatic rings. The molecule has 0 spiro atoms. The first kappa shape index (κ1) is 13.1. The molecule has 1 aromatic rings. The monoisotopic (exact) mass is 301 g/mol.